The van der Waals surface area contributed by atoms with Crippen LogP contribution in [0.3, 0.4) is 0 Å². The summed E-state index contributed by atoms with van der Waals surface area (Å²) in [5, 5.41) is 1.32. The molecule has 1 aliphatic rings. The van der Waals surface area contributed by atoms with E-state index in [0.29, 0.717) is 10.0 Å². The van der Waals surface area contributed by atoms with Gasteiger partial charge in [0.05, 0.1) is 0 Å². The highest BCUT2D eigenvalue weighted by atomic mass is 35.5. The monoisotopic (exact) mass is 277 g/mol. The van der Waals surface area contributed by atoms with E-state index in [1.165, 1.54) is 11.1 Å². The van der Waals surface area contributed by atoms with Gasteiger partial charge in [0.1, 0.15) is 0 Å². The molecule has 0 radical (unpaired) electrons. The van der Waals surface area contributed by atoms with Crippen LogP contribution in [0.25, 0.3) is 11.1 Å². The van der Waals surface area contributed by atoms with E-state index in [4.69, 9.17) is 28.9 Å². The zero-order chi connectivity index (χ0) is 12.7. The van der Waals surface area contributed by atoms with Gasteiger partial charge in [-0.25, -0.2) is 0 Å². The number of halogens is 2. The summed E-state index contributed by atoms with van der Waals surface area (Å²) in [6.07, 6.45) is 2.09. The molecule has 2 N–H and O–H groups in total. The molecular formula is C15H13Cl2N. The van der Waals surface area contributed by atoms with E-state index < -0.39 is 0 Å². The first kappa shape index (κ1) is 12.0. The number of hydrogen-bond donors (Lipinski definition) is 1. The Hall–Kier alpha value is -1.02. The first-order valence-corrected chi connectivity index (χ1v) is 6.74. The molecule has 0 spiro atoms. The lowest BCUT2D eigenvalue weighted by atomic mass is 10.00. The average Bonchev–Trinajstić information content (AvgIpc) is 2.69. The third kappa shape index (κ3) is 2.14. The maximum Gasteiger partial charge on any atom is 0.0426 e. The third-order valence-corrected chi connectivity index (χ3v) is 3.90. The predicted octanol–water partition coefficient (Wildman–Crippen LogP) is 4.61. The number of hydrogen-bond acceptors (Lipinski definition) is 1. The highest BCUT2D eigenvalue weighted by Crippen LogP contribution is 2.34. The molecule has 3 heteroatoms. The average molecular weight is 278 g/mol. The van der Waals surface area contributed by atoms with Crippen molar-refractivity contribution in [3.8, 4) is 11.1 Å². The van der Waals surface area contributed by atoms with Crippen LogP contribution in [0.5, 0.6) is 0 Å². The highest BCUT2D eigenvalue weighted by molar-refractivity contribution is 6.35. The van der Waals surface area contributed by atoms with Crippen molar-refractivity contribution in [1.29, 1.82) is 0 Å². The Kier molecular flexibility index (Phi) is 3.06. The van der Waals surface area contributed by atoms with Gasteiger partial charge in [-0.1, -0.05) is 41.4 Å². The molecule has 1 nitrogen and oxygen atoms in total. The molecule has 0 heterocycles. The van der Waals surface area contributed by atoms with Crippen molar-refractivity contribution in [2.75, 3.05) is 0 Å². The number of rotatable bonds is 1. The molecule has 1 atom stereocenters. The van der Waals surface area contributed by atoms with Crippen molar-refractivity contribution in [3.63, 3.8) is 0 Å². The Morgan fingerprint density at radius 3 is 2.39 bits per heavy atom. The SMILES string of the molecule is NC1CCc2cc(-c3cc(Cl)cc(Cl)c3)ccc21. The molecule has 1 aliphatic carbocycles. The summed E-state index contributed by atoms with van der Waals surface area (Å²) in [5.74, 6) is 0. The van der Waals surface area contributed by atoms with Crippen LogP contribution in [0.4, 0.5) is 0 Å². The lowest BCUT2D eigenvalue weighted by Gasteiger charge is -2.08. The van der Waals surface area contributed by atoms with E-state index in [1.54, 1.807) is 6.07 Å². The fourth-order valence-corrected chi connectivity index (χ4v) is 3.08. The van der Waals surface area contributed by atoms with E-state index in [1.807, 2.05) is 12.1 Å². The quantitative estimate of drug-likeness (QED) is 0.810. The van der Waals surface area contributed by atoms with Crippen LogP contribution >= 0.6 is 23.2 Å². The summed E-state index contributed by atoms with van der Waals surface area (Å²) in [4.78, 5) is 0. The minimum absolute atomic E-state index is 0.192. The summed E-state index contributed by atoms with van der Waals surface area (Å²) in [5.41, 5.74) is 10.9. The van der Waals surface area contributed by atoms with Crippen molar-refractivity contribution < 1.29 is 0 Å². The van der Waals surface area contributed by atoms with Crippen LogP contribution in [0, 0.1) is 0 Å². The molecule has 0 aliphatic heterocycles. The number of benzene rings is 2. The summed E-state index contributed by atoms with van der Waals surface area (Å²) < 4.78 is 0. The van der Waals surface area contributed by atoms with E-state index in [0.717, 1.165) is 24.0 Å². The Morgan fingerprint density at radius 1 is 0.944 bits per heavy atom. The van der Waals surface area contributed by atoms with Gasteiger partial charge >= 0.3 is 0 Å². The summed E-state index contributed by atoms with van der Waals surface area (Å²) in [6, 6.07) is 12.2. The van der Waals surface area contributed by atoms with Gasteiger partial charge in [-0.05, 0) is 53.3 Å². The lowest BCUT2D eigenvalue weighted by molar-refractivity contribution is 0.713. The molecule has 0 saturated heterocycles. The van der Waals surface area contributed by atoms with Gasteiger partial charge in [0.25, 0.3) is 0 Å². The minimum Gasteiger partial charge on any atom is -0.324 e. The van der Waals surface area contributed by atoms with Gasteiger partial charge in [0.15, 0.2) is 0 Å². The molecule has 0 saturated carbocycles. The van der Waals surface area contributed by atoms with Crippen LogP contribution in [0.15, 0.2) is 36.4 Å². The second-order valence-corrected chi connectivity index (χ2v) is 5.59. The molecule has 2 aromatic carbocycles. The van der Waals surface area contributed by atoms with Crippen LogP contribution < -0.4 is 5.73 Å². The normalized spacial score (nSPS) is 17.8. The smallest absolute Gasteiger partial charge is 0.0426 e. The molecule has 0 amide bonds. The molecule has 18 heavy (non-hydrogen) atoms. The maximum absolute atomic E-state index is 6.04. The van der Waals surface area contributed by atoms with E-state index in [2.05, 4.69) is 18.2 Å². The maximum atomic E-state index is 6.04. The fraction of sp³-hybridized carbons (Fsp3) is 0.200. The second kappa shape index (κ2) is 4.58. The number of nitrogens with two attached hydrogens (primary N) is 1. The van der Waals surface area contributed by atoms with Gasteiger partial charge in [0, 0.05) is 16.1 Å². The first-order chi connectivity index (χ1) is 8.63. The van der Waals surface area contributed by atoms with Gasteiger partial charge in [-0.2, -0.15) is 0 Å². The zero-order valence-corrected chi connectivity index (χ0v) is 11.3. The molecule has 1 unspecified atom stereocenters. The van der Waals surface area contributed by atoms with Gasteiger partial charge < -0.3 is 5.73 Å². The molecule has 0 aromatic heterocycles. The largest absolute Gasteiger partial charge is 0.324 e. The molecule has 0 fully saturated rings. The number of aryl methyl sites for hydroxylation is 1. The van der Waals surface area contributed by atoms with Crippen LogP contribution in [0.1, 0.15) is 23.6 Å². The van der Waals surface area contributed by atoms with Crippen molar-refractivity contribution in [3.05, 3.63) is 57.6 Å². The minimum atomic E-state index is 0.192. The number of fused-ring (bicyclic) bond motifs is 1. The van der Waals surface area contributed by atoms with E-state index in [9.17, 15) is 0 Å². The van der Waals surface area contributed by atoms with Crippen molar-refractivity contribution in [2.24, 2.45) is 5.73 Å². The molecule has 3 rings (SSSR count). The third-order valence-electron chi connectivity index (χ3n) is 3.46. The van der Waals surface area contributed by atoms with Gasteiger partial charge in [0.2, 0.25) is 0 Å². The molecule has 2 aromatic rings. The summed E-state index contributed by atoms with van der Waals surface area (Å²) in [7, 11) is 0. The molecule has 0 bridgehead atoms. The van der Waals surface area contributed by atoms with Crippen LogP contribution in [-0.2, 0) is 6.42 Å². The Bertz CT molecular complexity index is 587. The van der Waals surface area contributed by atoms with E-state index in [-0.39, 0.29) is 6.04 Å². The van der Waals surface area contributed by atoms with Crippen LogP contribution in [0.2, 0.25) is 10.0 Å². The van der Waals surface area contributed by atoms with Crippen molar-refractivity contribution in [1.82, 2.24) is 0 Å². The van der Waals surface area contributed by atoms with Gasteiger partial charge in [-0.3, -0.25) is 0 Å². The Morgan fingerprint density at radius 2 is 1.67 bits per heavy atom. The standard InChI is InChI=1S/C15H13Cl2N/c16-12-6-11(7-13(17)8-12)9-1-3-14-10(5-9)2-4-15(14)18/h1,3,5-8,15H,2,4,18H2. The Labute approximate surface area is 117 Å². The first-order valence-electron chi connectivity index (χ1n) is 5.98. The summed E-state index contributed by atoms with van der Waals surface area (Å²) in [6.45, 7) is 0. The van der Waals surface area contributed by atoms with Crippen LogP contribution in [-0.4, -0.2) is 0 Å². The van der Waals surface area contributed by atoms with Gasteiger partial charge in [-0.15, -0.1) is 0 Å². The predicted molar refractivity (Wildman–Crippen MR) is 77.1 cm³/mol. The highest BCUT2D eigenvalue weighted by Gasteiger charge is 2.19. The molecular weight excluding hydrogens is 265 g/mol. The van der Waals surface area contributed by atoms with Crippen molar-refractivity contribution in [2.45, 2.75) is 18.9 Å². The Balaban J connectivity index is 2.07. The van der Waals surface area contributed by atoms with E-state index >= 15 is 0 Å². The lowest BCUT2D eigenvalue weighted by Crippen LogP contribution is -2.04. The van der Waals surface area contributed by atoms with Crippen molar-refractivity contribution >= 4 is 23.2 Å². The zero-order valence-electron chi connectivity index (χ0n) is 9.79. The fourth-order valence-electron chi connectivity index (χ4n) is 2.55. The second-order valence-electron chi connectivity index (χ2n) is 4.72. The topological polar surface area (TPSA) is 26.0 Å². The molecule has 92 valence electrons. The summed E-state index contributed by atoms with van der Waals surface area (Å²) >= 11 is 12.1.